The van der Waals surface area contributed by atoms with Crippen LogP contribution in [0.3, 0.4) is 0 Å². The number of aromatic nitrogens is 3. The summed E-state index contributed by atoms with van der Waals surface area (Å²) >= 11 is 7.66. The lowest BCUT2D eigenvalue weighted by atomic mass is 10.2. The quantitative estimate of drug-likeness (QED) is 0.556. The molecule has 0 aliphatic carbocycles. The van der Waals surface area contributed by atoms with Crippen LogP contribution in [-0.4, -0.2) is 20.9 Å². The number of halogens is 1. The molecule has 0 aliphatic heterocycles. The highest BCUT2D eigenvalue weighted by Gasteiger charge is 2.12. The number of amides is 1. The van der Waals surface area contributed by atoms with E-state index in [9.17, 15) is 4.79 Å². The lowest BCUT2D eigenvalue weighted by Gasteiger charge is -2.00. The van der Waals surface area contributed by atoms with Crippen LogP contribution in [0.1, 0.15) is 5.69 Å². The van der Waals surface area contributed by atoms with E-state index in [1.165, 1.54) is 11.3 Å². The van der Waals surface area contributed by atoms with Crippen molar-refractivity contribution in [1.82, 2.24) is 15.0 Å². The van der Waals surface area contributed by atoms with Crippen molar-refractivity contribution in [3.8, 4) is 10.6 Å². The van der Waals surface area contributed by atoms with Gasteiger partial charge in [-0.25, -0.2) is 9.97 Å². The Labute approximate surface area is 152 Å². The third kappa shape index (κ3) is 3.40. The van der Waals surface area contributed by atoms with Gasteiger partial charge < -0.3 is 4.98 Å². The maximum atomic E-state index is 12.2. The molecule has 4 rings (SSSR count). The van der Waals surface area contributed by atoms with E-state index in [0.29, 0.717) is 16.7 Å². The molecule has 0 atom stereocenters. The molecule has 25 heavy (non-hydrogen) atoms. The van der Waals surface area contributed by atoms with E-state index in [-0.39, 0.29) is 12.3 Å². The number of rotatable bonds is 4. The van der Waals surface area contributed by atoms with Crippen LogP contribution in [0.5, 0.6) is 0 Å². The zero-order valence-corrected chi connectivity index (χ0v) is 14.6. The van der Waals surface area contributed by atoms with Crippen LogP contribution in [0.2, 0.25) is 5.02 Å². The van der Waals surface area contributed by atoms with Gasteiger partial charge in [-0.05, 0) is 18.2 Å². The zero-order valence-electron chi connectivity index (χ0n) is 13.0. The first-order valence-corrected chi connectivity index (χ1v) is 8.89. The molecule has 0 spiro atoms. The molecular weight excluding hydrogens is 356 g/mol. The van der Waals surface area contributed by atoms with Gasteiger partial charge in [0.15, 0.2) is 0 Å². The van der Waals surface area contributed by atoms with Gasteiger partial charge in [-0.1, -0.05) is 41.9 Å². The molecule has 0 bridgehead atoms. The van der Waals surface area contributed by atoms with Crippen molar-refractivity contribution >= 4 is 45.8 Å². The number of carbonyl (C=O) groups excluding carboxylic acids is 1. The molecule has 0 saturated carbocycles. The number of anilines is 1. The van der Waals surface area contributed by atoms with Gasteiger partial charge >= 0.3 is 0 Å². The molecule has 0 radical (unpaired) electrons. The van der Waals surface area contributed by atoms with Gasteiger partial charge in [0.2, 0.25) is 11.9 Å². The highest BCUT2D eigenvalue weighted by molar-refractivity contribution is 7.13. The number of fused-ring (bicyclic) bond motifs is 1. The van der Waals surface area contributed by atoms with Crippen LogP contribution in [0, 0.1) is 0 Å². The first kappa shape index (κ1) is 15.8. The normalized spacial score (nSPS) is 10.9. The van der Waals surface area contributed by atoms with Crippen molar-refractivity contribution in [2.75, 3.05) is 5.32 Å². The van der Waals surface area contributed by atoms with E-state index in [1.807, 2.05) is 53.9 Å². The summed E-state index contributed by atoms with van der Waals surface area (Å²) in [5.74, 6) is 0.267. The second-order valence-electron chi connectivity index (χ2n) is 5.45. The van der Waals surface area contributed by atoms with E-state index in [2.05, 4.69) is 20.3 Å². The summed E-state index contributed by atoms with van der Waals surface area (Å²) in [5.41, 5.74) is 3.27. The number of para-hydroxylation sites is 2. The summed E-state index contributed by atoms with van der Waals surface area (Å²) in [6, 6.07) is 15.1. The highest BCUT2D eigenvalue weighted by atomic mass is 35.5. The number of nitrogens with zero attached hydrogens (tertiary/aromatic N) is 2. The number of thiazole rings is 1. The van der Waals surface area contributed by atoms with Crippen LogP contribution in [0.25, 0.3) is 21.6 Å². The van der Waals surface area contributed by atoms with Crippen LogP contribution in [0.15, 0.2) is 53.9 Å². The second kappa shape index (κ2) is 6.66. The van der Waals surface area contributed by atoms with E-state index in [4.69, 9.17) is 11.6 Å². The molecule has 0 unspecified atom stereocenters. The summed E-state index contributed by atoms with van der Waals surface area (Å²) in [7, 11) is 0. The summed E-state index contributed by atoms with van der Waals surface area (Å²) < 4.78 is 0. The van der Waals surface area contributed by atoms with Gasteiger partial charge in [0.1, 0.15) is 5.01 Å². The second-order valence-corrected chi connectivity index (χ2v) is 6.72. The minimum atomic E-state index is -0.171. The Balaban J connectivity index is 1.47. The molecule has 0 fully saturated rings. The van der Waals surface area contributed by atoms with E-state index < -0.39 is 0 Å². The Bertz CT molecular complexity index is 1020. The number of imidazole rings is 1. The molecule has 4 aromatic rings. The average Bonchev–Trinajstić information content (AvgIpc) is 3.21. The molecule has 2 aromatic heterocycles. The fraction of sp³-hybridized carbons (Fsp3) is 0.0556. The standard InChI is InChI=1S/C18H13ClN4OS/c19-13-6-2-1-5-12(13)17-20-11(10-25-17)9-16(24)23-18-21-14-7-3-4-8-15(14)22-18/h1-8,10H,9H2,(H2,21,22,23,24). The van der Waals surface area contributed by atoms with Gasteiger partial charge in [0.05, 0.1) is 28.2 Å². The fourth-order valence-corrected chi connectivity index (χ4v) is 3.64. The lowest BCUT2D eigenvalue weighted by molar-refractivity contribution is -0.115. The Morgan fingerprint density at radius 2 is 1.92 bits per heavy atom. The maximum Gasteiger partial charge on any atom is 0.232 e. The highest BCUT2D eigenvalue weighted by Crippen LogP contribution is 2.30. The van der Waals surface area contributed by atoms with Gasteiger partial charge in [0.25, 0.3) is 0 Å². The third-order valence-electron chi connectivity index (χ3n) is 3.64. The van der Waals surface area contributed by atoms with Crippen LogP contribution in [-0.2, 0) is 11.2 Å². The SMILES string of the molecule is O=C(Cc1csc(-c2ccccc2Cl)n1)Nc1nc2ccccc2[nH]1. The van der Waals surface area contributed by atoms with Gasteiger partial charge in [-0.2, -0.15) is 0 Å². The number of hydrogen-bond donors (Lipinski definition) is 2. The third-order valence-corrected chi connectivity index (χ3v) is 4.90. The van der Waals surface area contributed by atoms with Gasteiger partial charge in [-0.15, -0.1) is 11.3 Å². The molecule has 0 aliphatic rings. The van der Waals surface area contributed by atoms with Crippen molar-refractivity contribution in [3.63, 3.8) is 0 Å². The maximum absolute atomic E-state index is 12.2. The minimum absolute atomic E-state index is 0.171. The van der Waals surface area contributed by atoms with E-state index in [0.717, 1.165) is 21.6 Å². The largest absolute Gasteiger partial charge is 0.324 e. The summed E-state index contributed by atoms with van der Waals surface area (Å²) in [6.45, 7) is 0. The number of H-pyrrole nitrogens is 1. The van der Waals surface area contributed by atoms with E-state index >= 15 is 0 Å². The van der Waals surface area contributed by atoms with Crippen molar-refractivity contribution in [2.24, 2.45) is 0 Å². The molecular formula is C18H13ClN4OS. The molecule has 124 valence electrons. The van der Waals surface area contributed by atoms with Gasteiger partial charge in [0, 0.05) is 10.9 Å². The first-order valence-electron chi connectivity index (χ1n) is 7.63. The molecule has 2 aromatic carbocycles. The molecule has 5 nitrogen and oxygen atoms in total. The Kier molecular flexibility index (Phi) is 4.21. The predicted molar refractivity (Wildman–Crippen MR) is 101 cm³/mol. The average molecular weight is 369 g/mol. The topological polar surface area (TPSA) is 70.7 Å². The summed E-state index contributed by atoms with van der Waals surface area (Å²) in [5, 5.41) is 6.10. The van der Waals surface area contributed by atoms with Crippen molar-refractivity contribution in [1.29, 1.82) is 0 Å². The van der Waals surface area contributed by atoms with Crippen LogP contribution >= 0.6 is 22.9 Å². The molecule has 1 amide bonds. The lowest BCUT2D eigenvalue weighted by Crippen LogP contribution is -2.15. The molecule has 7 heteroatoms. The Morgan fingerprint density at radius 3 is 2.76 bits per heavy atom. The molecule has 2 N–H and O–H groups in total. The van der Waals surface area contributed by atoms with Crippen LogP contribution in [0.4, 0.5) is 5.95 Å². The predicted octanol–water partition coefficient (Wildman–Crippen LogP) is 4.52. The zero-order chi connectivity index (χ0) is 17.2. The number of nitrogens with one attached hydrogen (secondary N) is 2. The Morgan fingerprint density at radius 1 is 1.12 bits per heavy atom. The van der Waals surface area contributed by atoms with Crippen molar-refractivity contribution in [2.45, 2.75) is 6.42 Å². The van der Waals surface area contributed by atoms with Crippen molar-refractivity contribution in [3.05, 3.63) is 64.6 Å². The summed E-state index contributed by atoms with van der Waals surface area (Å²) in [4.78, 5) is 24.2. The van der Waals surface area contributed by atoms with Crippen molar-refractivity contribution < 1.29 is 4.79 Å². The smallest absolute Gasteiger partial charge is 0.232 e. The van der Waals surface area contributed by atoms with E-state index in [1.54, 1.807) is 0 Å². The molecule has 2 heterocycles. The number of carbonyl (C=O) groups is 1. The summed E-state index contributed by atoms with van der Waals surface area (Å²) in [6.07, 6.45) is 0.179. The number of benzene rings is 2. The monoisotopic (exact) mass is 368 g/mol. The first-order chi connectivity index (χ1) is 12.2. The van der Waals surface area contributed by atoms with Crippen LogP contribution < -0.4 is 5.32 Å². The van der Waals surface area contributed by atoms with Gasteiger partial charge in [-0.3, -0.25) is 10.1 Å². The number of hydrogen-bond acceptors (Lipinski definition) is 4. The Hall–Kier alpha value is -2.70. The fourth-order valence-electron chi connectivity index (χ4n) is 2.50. The number of aromatic amines is 1. The molecule has 0 saturated heterocycles. The minimum Gasteiger partial charge on any atom is -0.324 e.